The number of hydrogen-bond donors (Lipinski definition) is 4. The van der Waals surface area contributed by atoms with E-state index in [1.807, 2.05) is 6.07 Å². The second-order valence-corrected chi connectivity index (χ2v) is 9.52. The molecule has 5 unspecified atom stereocenters. The molecule has 0 radical (unpaired) electrons. The van der Waals surface area contributed by atoms with Crippen molar-refractivity contribution in [2.75, 3.05) is 6.61 Å². The Kier molecular flexibility index (Phi) is 6.38. The number of carbonyl (C=O) groups is 1. The molecule has 0 saturated carbocycles. The molecule has 10 nitrogen and oxygen atoms in total. The summed E-state index contributed by atoms with van der Waals surface area (Å²) in [6, 6.07) is 13.2. The van der Waals surface area contributed by atoms with Crippen molar-refractivity contribution >= 4 is 22.5 Å². The molecule has 4 N–H and O–H groups in total. The molecule has 2 aromatic carbocycles. The largest absolute Gasteiger partial charge is 0.461 e. The quantitative estimate of drug-likeness (QED) is 0.370. The van der Waals surface area contributed by atoms with Crippen LogP contribution in [-0.2, 0) is 14.3 Å². The van der Waals surface area contributed by atoms with Crippen LogP contribution in [0.2, 0.25) is 0 Å². The van der Waals surface area contributed by atoms with E-state index in [-0.39, 0.29) is 39.0 Å². The number of benzene rings is 2. The van der Waals surface area contributed by atoms with Gasteiger partial charge in [-0.3, -0.25) is 4.79 Å². The maximum absolute atomic E-state index is 13.1. The van der Waals surface area contributed by atoms with Gasteiger partial charge in [0.25, 0.3) is 0 Å². The predicted molar refractivity (Wildman–Crippen MR) is 130 cm³/mol. The topological polar surface area (TPSA) is 156 Å². The van der Waals surface area contributed by atoms with E-state index in [4.69, 9.17) is 18.6 Å². The normalized spacial score (nSPS) is 27.1. The summed E-state index contributed by atoms with van der Waals surface area (Å²) in [5.74, 6) is -0.425. The van der Waals surface area contributed by atoms with Crippen LogP contribution >= 0.6 is 0 Å². The summed E-state index contributed by atoms with van der Waals surface area (Å²) in [6.45, 7) is 2.73. The molecule has 3 heterocycles. The molecule has 0 bridgehead atoms. The van der Waals surface area contributed by atoms with Crippen LogP contribution in [0.3, 0.4) is 0 Å². The van der Waals surface area contributed by atoms with Crippen LogP contribution in [0.25, 0.3) is 27.9 Å². The Hall–Kier alpha value is -3.54. The minimum Gasteiger partial charge on any atom is -0.461 e. The molecular weight excluding hydrogens is 484 g/mol. The van der Waals surface area contributed by atoms with E-state index in [1.54, 1.807) is 44.2 Å². The van der Waals surface area contributed by atoms with E-state index in [0.717, 1.165) is 0 Å². The molecule has 1 aromatic heterocycles. The first-order chi connectivity index (χ1) is 17.6. The highest BCUT2D eigenvalue weighted by Gasteiger charge is 2.45. The van der Waals surface area contributed by atoms with Crippen LogP contribution in [0.1, 0.15) is 19.4 Å². The Bertz CT molecular complexity index is 1420. The molecule has 3 aromatic rings. The lowest BCUT2D eigenvalue weighted by Crippen LogP contribution is -2.60. The zero-order valence-corrected chi connectivity index (χ0v) is 20.0. The highest BCUT2D eigenvalue weighted by Crippen LogP contribution is 2.41. The second-order valence-electron chi connectivity index (χ2n) is 9.52. The van der Waals surface area contributed by atoms with Gasteiger partial charge < -0.3 is 39.1 Å². The van der Waals surface area contributed by atoms with Crippen molar-refractivity contribution in [3.05, 3.63) is 70.4 Å². The zero-order valence-electron chi connectivity index (χ0n) is 20.0. The fourth-order valence-electron chi connectivity index (χ4n) is 4.49. The van der Waals surface area contributed by atoms with Crippen molar-refractivity contribution < 1.29 is 43.8 Å². The van der Waals surface area contributed by atoms with Gasteiger partial charge in [-0.1, -0.05) is 30.3 Å². The van der Waals surface area contributed by atoms with E-state index < -0.39 is 48.9 Å². The van der Waals surface area contributed by atoms with Crippen LogP contribution in [0.4, 0.5) is 0 Å². The minimum absolute atomic E-state index is 0.00825. The van der Waals surface area contributed by atoms with Crippen molar-refractivity contribution in [2.45, 2.75) is 50.2 Å². The summed E-state index contributed by atoms with van der Waals surface area (Å²) in [5, 5.41) is 40.5. The number of fused-ring (bicyclic) bond motifs is 1. The molecule has 2 aliphatic rings. The number of carbonyl (C=O) groups excluding carboxylic acids is 1. The summed E-state index contributed by atoms with van der Waals surface area (Å²) >= 11 is 0. The SMILES string of the molecule is CC1(C)C=C(c2c(OC3OC(CO)C(O)C(O)C3O)ccc3c(=O)cc(-c4ccccc4)oc23)C(=O)O1. The molecule has 5 rings (SSSR count). The minimum atomic E-state index is -1.69. The first-order valence-electron chi connectivity index (χ1n) is 11.7. The summed E-state index contributed by atoms with van der Waals surface area (Å²) < 4.78 is 23.0. The first kappa shape index (κ1) is 25.1. The van der Waals surface area contributed by atoms with Gasteiger partial charge in [0.1, 0.15) is 47.1 Å². The molecule has 194 valence electrons. The lowest BCUT2D eigenvalue weighted by molar-refractivity contribution is -0.277. The van der Waals surface area contributed by atoms with Gasteiger partial charge >= 0.3 is 5.97 Å². The fourth-order valence-corrected chi connectivity index (χ4v) is 4.49. The number of rotatable bonds is 5. The van der Waals surface area contributed by atoms with Gasteiger partial charge in [-0.05, 0) is 32.1 Å². The summed E-state index contributed by atoms with van der Waals surface area (Å²) in [5.41, 5.74) is -0.451. The molecule has 1 saturated heterocycles. The van der Waals surface area contributed by atoms with E-state index in [2.05, 4.69) is 0 Å². The highest BCUT2D eigenvalue weighted by atomic mass is 16.7. The molecule has 0 amide bonds. The number of cyclic esters (lactones) is 1. The van der Waals surface area contributed by atoms with Crippen molar-refractivity contribution in [3.8, 4) is 17.1 Å². The Morgan fingerprint density at radius 2 is 1.70 bits per heavy atom. The number of aliphatic hydroxyl groups is 4. The van der Waals surface area contributed by atoms with Crippen molar-refractivity contribution in [3.63, 3.8) is 0 Å². The van der Waals surface area contributed by atoms with Gasteiger partial charge in [-0.2, -0.15) is 0 Å². The van der Waals surface area contributed by atoms with E-state index in [9.17, 15) is 30.0 Å². The molecule has 0 spiro atoms. The Morgan fingerprint density at radius 1 is 0.973 bits per heavy atom. The van der Waals surface area contributed by atoms with Gasteiger partial charge in [0.05, 0.1) is 23.1 Å². The average molecular weight is 510 g/mol. The van der Waals surface area contributed by atoms with Crippen LogP contribution in [0.5, 0.6) is 5.75 Å². The maximum Gasteiger partial charge on any atom is 0.339 e. The molecule has 37 heavy (non-hydrogen) atoms. The monoisotopic (exact) mass is 510 g/mol. The van der Waals surface area contributed by atoms with Crippen LogP contribution < -0.4 is 10.2 Å². The molecule has 2 aliphatic heterocycles. The van der Waals surface area contributed by atoms with Crippen molar-refractivity contribution in [1.82, 2.24) is 0 Å². The lowest BCUT2D eigenvalue weighted by atomic mass is 9.97. The second kappa shape index (κ2) is 9.40. The Balaban J connectivity index is 1.70. The van der Waals surface area contributed by atoms with E-state index in [0.29, 0.717) is 5.56 Å². The number of esters is 1. The Morgan fingerprint density at radius 3 is 2.35 bits per heavy atom. The third-order valence-corrected chi connectivity index (χ3v) is 6.35. The molecule has 0 aliphatic carbocycles. The smallest absolute Gasteiger partial charge is 0.339 e. The lowest BCUT2D eigenvalue weighted by Gasteiger charge is -2.39. The molecule has 5 atom stereocenters. The summed E-state index contributed by atoms with van der Waals surface area (Å²) in [7, 11) is 0. The van der Waals surface area contributed by atoms with Crippen LogP contribution in [0, 0.1) is 0 Å². The number of ether oxygens (including phenoxy) is 3. The van der Waals surface area contributed by atoms with E-state index >= 15 is 0 Å². The molecular formula is C27H26O10. The molecule has 1 fully saturated rings. The fraction of sp³-hybridized carbons (Fsp3) is 0.333. The van der Waals surface area contributed by atoms with Crippen LogP contribution in [0.15, 0.2) is 63.8 Å². The highest BCUT2D eigenvalue weighted by molar-refractivity contribution is 6.22. The van der Waals surface area contributed by atoms with Gasteiger partial charge in [0.2, 0.25) is 6.29 Å². The average Bonchev–Trinajstić information content (AvgIpc) is 3.15. The zero-order chi connectivity index (χ0) is 26.5. The molecule has 10 heteroatoms. The van der Waals surface area contributed by atoms with Crippen molar-refractivity contribution in [1.29, 1.82) is 0 Å². The van der Waals surface area contributed by atoms with Crippen molar-refractivity contribution in [2.24, 2.45) is 0 Å². The summed E-state index contributed by atoms with van der Waals surface area (Å²) in [6.07, 6.45) is -6.09. The Labute approximate surface area is 210 Å². The standard InChI is InChI=1S/C27H26O10/c1-27(2)11-15(25(33)37-27)20-17(35-26-23(32)22(31)21(30)19(12-28)36-26)9-8-14-16(29)10-18(34-24(14)20)13-6-4-3-5-7-13/h3-11,19,21-23,26,28,30-32H,12H2,1-2H3. The van der Waals surface area contributed by atoms with Gasteiger partial charge in [-0.25, -0.2) is 4.79 Å². The number of hydrogen-bond acceptors (Lipinski definition) is 10. The van der Waals surface area contributed by atoms with E-state index in [1.165, 1.54) is 18.2 Å². The number of aliphatic hydroxyl groups excluding tert-OH is 4. The van der Waals surface area contributed by atoms with Crippen LogP contribution in [-0.4, -0.2) is 69.3 Å². The third kappa shape index (κ3) is 4.54. The van der Waals surface area contributed by atoms with Gasteiger partial charge in [0.15, 0.2) is 5.43 Å². The maximum atomic E-state index is 13.1. The predicted octanol–water partition coefficient (Wildman–Crippen LogP) is 1.36. The summed E-state index contributed by atoms with van der Waals surface area (Å²) in [4.78, 5) is 26.0. The van der Waals surface area contributed by atoms with Gasteiger partial charge in [0, 0.05) is 11.6 Å². The first-order valence-corrected chi connectivity index (χ1v) is 11.7. The van der Waals surface area contributed by atoms with Gasteiger partial charge in [-0.15, -0.1) is 0 Å². The third-order valence-electron chi connectivity index (χ3n) is 6.35.